The van der Waals surface area contributed by atoms with E-state index in [-0.39, 0.29) is 57.7 Å². The second-order valence-corrected chi connectivity index (χ2v) is 15.1. The first-order chi connectivity index (χ1) is 33.1. The molecular weight excluding hydrogens is 877 g/mol. The van der Waals surface area contributed by atoms with Crippen LogP contribution in [0, 0.1) is 0 Å². The van der Waals surface area contributed by atoms with Gasteiger partial charge in [0.1, 0.15) is 30.7 Å². The number of benzene rings is 6. The Kier molecular flexibility index (Phi) is 14.6. The molecule has 7 aromatic rings. The summed E-state index contributed by atoms with van der Waals surface area (Å²) in [5, 5.41) is 0.219. The van der Waals surface area contributed by atoms with Gasteiger partial charge in [0.25, 0.3) is 5.75 Å². The normalized spacial score (nSPS) is 17.5. The highest BCUT2D eigenvalue weighted by molar-refractivity contribution is 5.92. The number of carbonyl (C=O) groups excluding carboxylic acids is 5. The molecule has 0 N–H and O–H groups in total. The van der Waals surface area contributed by atoms with Gasteiger partial charge in [0.2, 0.25) is 12.4 Å². The molecule has 6 aromatic carbocycles. The van der Waals surface area contributed by atoms with Crippen LogP contribution >= 0.6 is 0 Å². The van der Waals surface area contributed by atoms with Crippen LogP contribution in [0.15, 0.2) is 179 Å². The Hall–Kier alpha value is -8.56. The van der Waals surface area contributed by atoms with Crippen molar-refractivity contribution in [2.75, 3.05) is 6.61 Å². The molecule has 0 spiro atoms. The third-order valence-corrected chi connectivity index (χ3v) is 10.5. The van der Waals surface area contributed by atoms with E-state index in [9.17, 15) is 28.8 Å². The highest BCUT2D eigenvalue weighted by Gasteiger charge is 2.54. The molecule has 5 atom stereocenters. The van der Waals surface area contributed by atoms with E-state index in [4.69, 9.17) is 42.3 Å². The minimum Gasteiger partial charge on any atom is -0.484 e. The molecule has 8 rings (SSSR count). The maximum Gasteiger partial charge on any atom is 0.383 e. The number of rotatable bonds is 16. The lowest BCUT2D eigenvalue weighted by Gasteiger charge is -2.44. The zero-order valence-corrected chi connectivity index (χ0v) is 36.3. The Morgan fingerprint density at radius 3 is 1.56 bits per heavy atom. The molecule has 0 saturated carbocycles. The first-order valence-corrected chi connectivity index (χ1v) is 21.5. The summed E-state index contributed by atoms with van der Waals surface area (Å²) in [5.41, 5.74) is 0.179. The van der Waals surface area contributed by atoms with Gasteiger partial charge in [-0.1, -0.05) is 110 Å². The third kappa shape index (κ3) is 11.1. The summed E-state index contributed by atoms with van der Waals surface area (Å²) >= 11 is 0. The van der Waals surface area contributed by atoms with Crippen LogP contribution in [-0.4, -0.2) is 67.2 Å². The molecule has 1 aliphatic heterocycles. The molecule has 15 heteroatoms. The highest BCUT2D eigenvalue weighted by Crippen LogP contribution is 2.38. The Morgan fingerprint density at radius 1 is 0.544 bits per heavy atom. The van der Waals surface area contributed by atoms with Gasteiger partial charge in [-0.25, -0.2) is 24.0 Å². The molecule has 2 heterocycles. The van der Waals surface area contributed by atoms with Crippen molar-refractivity contribution in [2.24, 2.45) is 0 Å². The summed E-state index contributed by atoms with van der Waals surface area (Å²) in [6.45, 7) is 0.971. The van der Waals surface area contributed by atoms with Crippen molar-refractivity contribution < 1.29 is 66.3 Å². The number of hydrogen-bond acceptors (Lipinski definition) is 15. The van der Waals surface area contributed by atoms with Crippen molar-refractivity contribution >= 4 is 40.8 Å². The first-order valence-electron chi connectivity index (χ1n) is 21.5. The van der Waals surface area contributed by atoms with E-state index in [2.05, 4.69) is 0 Å². The fourth-order valence-electron chi connectivity index (χ4n) is 7.11. The van der Waals surface area contributed by atoms with Gasteiger partial charge in [-0.15, -0.1) is 0 Å². The van der Waals surface area contributed by atoms with Crippen LogP contribution < -0.4 is 19.8 Å². The molecule has 1 aromatic heterocycles. The van der Waals surface area contributed by atoms with Gasteiger partial charge < -0.3 is 42.3 Å². The van der Waals surface area contributed by atoms with E-state index in [0.717, 1.165) is 5.56 Å². The van der Waals surface area contributed by atoms with Gasteiger partial charge in [-0.05, 0) is 66.2 Å². The number of ether oxygens (including phenoxy) is 8. The number of fused-ring (bicyclic) bond motifs is 1. The summed E-state index contributed by atoms with van der Waals surface area (Å²) in [7, 11) is 0. The molecule has 0 radical (unpaired) electrons. The van der Waals surface area contributed by atoms with E-state index >= 15 is 0 Å². The van der Waals surface area contributed by atoms with Crippen molar-refractivity contribution in [3.8, 4) is 17.2 Å². The van der Waals surface area contributed by atoms with Crippen LogP contribution in [0.1, 0.15) is 60.3 Å². The van der Waals surface area contributed by atoms with Crippen LogP contribution in [0.3, 0.4) is 0 Å². The molecule has 0 amide bonds. The third-order valence-electron chi connectivity index (χ3n) is 10.5. The molecule has 1 fully saturated rings. The van der Waals surface area contributed by atoms with Crippen molar-refractivity contribution in [1.29, 1.82) is 0 Å². The van der Waals surface area contributed by atoms with Crippen molar-refractivity contribution in [3.63, 3.8) is 0 Å². The summed E-state index contributed by atoms with van der Waals surface area (Å²) in [5.74, 6) is -4.68. The van der Waals surface area contributed by atoms with Gasteiger partial charge in [0, 0.05) is 12.5 Å². The molecule has 344 valence electrons. The number of esters is 5. The van der Waals surface area contributed by atoms with E-state index in [1.54, 1.807) is 91.9 Å². The van der Waals surface area contributed by atoms with Gasteiger partial charge in [-0.2, -0.15) is 0 Å². The second kappa shape index (κ2) is 21.6. The Bertz CT molecular complexity index is 2930. The Balaban J connectivity index is 1.22. The lowest BCUT2D eigenvalue weighted by Crippen LogP contribution is -2.63. The molecule has 1 saturated heterocycles. The SMILES string of the molecule is CCC(=O)Oc1c(OCc2ccccc2)c2ccc(O[C@H]3O[C@H](COC(=O)c4ccccc4)[C@@H](OC(=O)c4ccccc4)[C@H](OC(=O)c4ccccc4)[C@@H]3OC(=O)c3ccccc3)cc2oc1=O. The maximum atomic E-state index is 14.1. The van der Waals surface area contributed by atoms with Crippen LogP contribution in [0.5, 0.6) is 17.2 Å². The molecule has 0 unspecified atom stereocenters. The van der Waals surface area contributed by atoms with Crippen LogP contribution in [0.25, 0.3) is 11.0 Å². The minimum atomic E-state index is -1.72. The molecule has 1 aliphatic rings. The summed E-state index contributed by atoms with van der Waals surface area (Å²) in [6, 6.07) is 45.3. The van der Waals surface area contributed by atoms with E-state index < -0.39 is 78.5 Å². The molecular formula is C53H42O15. The van der Waals surface area contributed by atoms with Gasteiger partial charge >= 0.3 is 35.5 Å². The van der Waals surface area contributed by atoms with Gasteiger partial charge in [0.05, 0.1) is 27.6 Å². The topological polar surface area (TPSA) is 189 Å². The minimum absolute atomic E-state index is 0.00592. The first kappa shape index (κ1) is 46.0. The monoisotopic (exact) mass is 918 g/mol. The molecule has 0 bridgehead atoms. The average molecular weight is 919 g/mol. The predicted molar refractivity (Wildman–Crippen MR) is 242 cm³/mol. The summed E-state index contributed by atoms with van der Waals surface area (Å²) in [4.78, 5) is 81.3. The van der Waals surface area contributed by atoms with Crippen LogP contribution in [0.4, 0.5) is 0 Å². The fourth-order valence-corrected chi connectivity index (χ4v) is 7.11. The molecule has 68 heavy (non-hydrogen) atoms. The van der Waals surface area contributed by atoms with Crippen molar-refractivity contribution in [3.05, 3.63) is 208 Å². The Labute approximate surface area is 388 Å². The van der Waals surface area contributed by atoms with Crippen LogP contribution in [0.2, 0.25) is 0 Å². The predicted octanol–water partition coefficient (Wildman–Crippen LogP) is 8.32. The summed E-state index contributed by atoms with van der Waals surface area (Å²) in [6.07, 6.45) is -8.24. The smallest absolute Gasteiger partial charge is 0.383 e. The zero-order chi connectivity index (χ0) is 47.4. The lowest BCUT2D eigenvalue weighted by molar-refractivity contribution is -0.275. The standard InChI is InChI=1S/C53H42O15/c1-2-42(54)65-46-43(60-31-33-18-8-3-9-19-33)39-29-28-38(30-40(39)63-52(46)59)62-53-47(68-51(58)37-26-16-7-17-27-37)45(67-50(57)36-24-14-6-15-25-36)44(66-49(56)35-22-12-5-13-23-35)41(64-53)32-61-48(55)34-20-10-4-11-21-34/h3-30,41,44-45,47,53H,2,31-32H2,1H3/t41-,44-,45+,47+,53+/m1/s1. The highest BCUT2D eigenvalue weighted by atomic mass is 16.7. The quantitative estimate of drug-likeness (QED) is 0.0511. The summed E-state index contributed by atoms with van der Waals surface area (Å²) < 4.78 is 54.3. The zero-order valence-electron chi connectivity index (χ0n) is 36.3. The van der Waals surface area contributed by atoms with E-state index in [1.807, 2.05) is 30.3 Å². The van der Waals surface area contributed by atoms with E-state index in [1.165, 1.54) is 54.6 Å². The van der Waals surface area contributed by atoms with Crippen molar-refractivity contribution in [1.82, 2.24) is 0 Å². The molecule has 15 nitrogen and oxygen atoms in total. The fraction of sp³-hybridized carbons (Fsp3) is 0.170. The Morgan fingerprint density at radius 2 is 1.03 bits per heavy atom. The van der Waals surface area contributed by atoms with Crippen LogP contribution in [-0.2, 0) is 35.1 Å². The molecule has 0 aliphatic carbocycles. The number of carbonyl (C=O) groups is 5. The van der Waals surface area contributed by atoms with Crippen molar-refractivity contribution in [2.45, 2.75) is 50.7 Å². The second-order valence-electron chi connectivity index (χ2n) is 15.1. The lowest BCUT2D eigenvalue weighted by atomic mass is 9.97. The van der Waals surface area contributed by atoms with E-state index in [0.29, 0.717) is 0 Å². The average Bonchev–Trinajstić information content (AvgIpc) is 3.38. The largest absolute Gasteiger partial charge is 0.484 e. The van der Waals surface area contributed by atoms with Gasteiger partial charge in [-0.3, -0.25) is 4.79 Å². The van der Waals surface area contributed by atoms with Gasteiger partial charge in [0.15, 0.2) is 18.0 Å². The maximum absolute atomic E-state index is 14.1. The number of hydrogen-bond donors (Lipinski definition) is 0.